The molecule has 0 aliphatic heterocycles. The van der Waals surface area contributed by atoms with E-state index in [0.29, 0.717) is 6.42 Å². The molecule has 15 heavy (non-hydrogen) atoms. The largest absolute Gasteiger partial charge is 0.321 e. The van der Waals surface area contributed by atoms with Crippen LogP contribution in [0, 0.1) is 5.92 Å². The highest BCUT2D eigenvalue weighted by molar-refractivity contribution is 9.11. The molecule has 0 radical (unpaired) electrons. The van der Waals surface area contributed by atoms with Crippen LogP contribution in [0.5, 0.6) is 0 Å². The quantitative estimate of drug-likeness (QED) is 0.906. The van der Waals surface area contributed by atoms with Crippen molar-refractivity contribution < 1.29 is 4.79 Å². The fourth-order valence-electron chi connectivity index (χ4n) is 1.31. The molecule has 0 saturated carbocycles. The maximum Gasteiger partial charge on any atom is 0.154 e. The number of thiophene rings is 1. The predicted molar refractivity (Wildman–Crippen MR) is 68.2 cm³/mol. The van der Waals surface area contributed by atoms with Gasteiger partial charge in [0.25, 0.3) is 0 Å². The van der Waals surface area contributed by atoms with Crippen molar-refractivity contribution in [1.82, 2.24) is 0 Å². The van der Waals surface area contributed by atoms with Crippen molar-refractivity contribution in [3.8, 4) is 0 Å². The third-order valence-electron chi connectivity index (χ3n) is 2.61. The Hall–Kier alpha value is -0.190. The summed E-state index contributed by atoms with van der Waals surface area (Å²) < 4.78 is 1.06. The third kappa shape index (κ3) is 3.70. The van der Waals surface area contributed by atoms with E-state index in [0.717, 1.165) is 15.1 Å². The van der Waals surface area contributed by atoms with Crippen molar-refractivity contribution in [1.29, 1.82) is 0 Å². The summed E-state index contributed by atoms with van der Waals surface area (Å²) in [5.74, 6) is 0.402. The van der Waals surface area contributed by atoms with E-state index in [2.05, 4.69) is 22.9 Å². The van der Waals surface area contributed by atoms with Crippen LogP contribution in [0.25, 0.3) is 0 Å². The van der Waals surface area contributed by atoms with Gasteiger partial charge in [0.2, 0.25) is 0 Å². The molecule has 0 aromatic carbocycles. The first-order chi connectivity index (χ1) is 7.04. The Labute approximate surface area is 103 Å². The molecule has 2 unspecified atom stereocenters. The number of carbonyl (C=O) groups is 1. The minimum Gasteiger partial charge on any atom is -0.321 e. The topological polar surface area (TPSA) is 43.1 Å². The SMILES string of the molecule is CCC(C)C(N)C(=O)Cc1ccc(Br)s1. The second kappa shape index (κ2) is 5.77. The molecule has 1 rings (SSSR count). The van der Waals surface area contributed by atoms with Crippen molar-refractivity contribution in [2.24, 2.45) is 11.7 Å². The number of rotatable bonds is 5. The van der Waals surface area contributed by atoms with Crippen LogP contribution in [0.2, 0.25) is 0 Å². The molecule has 2 nitrogen and oxygen atoms in total. The van der Waals surface area contributed by atoms with Crippen molar-refractivity contribution >= 4 is 33.0 Å². The van der Waals surface area contributed by atoms with Gasteiger partial charge in [0.15, 0.2) is 5.78 Å². The van der Waals surface area contributed by atoms with Crippen molar-refractivity contribution in [2.45, 2.75) is 32.7 Å². The van der Waals surface area contributed by atoms with Gasteiger partial charge in [-0.2, -0.15) is 0 Å². The lowest BCUT2D eigenvalue weighted by molar-refractivity contribution is -0.120. The molecule has 0 aliphatic rings. The van der Waals surface area contributed by atoms with Crippen LogP contribution in [-0.2, 0) is 11.2 Å². The lowest BCUT2D eigenvalue weighted by Crippen LogP contribution is -2.37. The number of hydrogen-bond donors (Lipinski definition) is 1. The number of hydrogen-bond acceptors (Lipinski definition) is 3. The first kappa shape index (κ1) is 12.9. The number of nitrogens with two attached hydrogens (primary N) is 1. The molecule has 0 fully saturated rings. The van der Waals surface area contributed by atoms with Gasteiger partial charge < -0.3 is 5.73 Å². The van der Waals surface area contributed by atoms with E-state index < -0.39 is 0 Å². The van der Waals surface area contributed by atoms with Gasteiger partial charge >= 0.3 is 0 Å². The van der Waals surface area contributed by atoms with E-state index in [4.69, 9.17) is 5.73 Å². The summed E-state index contributed by atoms with van der Waals surface area (Å²) in [5.41, 5.74) is 5.87. The highest BCUT2D eigenvalue weighted by atomic mass is 79.9. The number of halogens is 1. The minimum atomic E-state index is -0.323. The normalized spacial score (nSPS) is 14.9. The van der Waals surface area contributed by atoms with Crippen molar-refractivity contribution in [2.75, 3.05) is 0 Å². The minimum absolute atomic E-state index is 0.138. The highest BCUT2D eigenvalue weighted by Gasteiger charge is 2.19. The summed E-state index contributed by atoms with van der Waals surface area (Å²) >= 11 is 4.97. The molecule has 1 aromatic heterocycles. The Morgan fingerprint density at radius 3 is 2.73 bits per heavy atom. The second-order valence-electron chi connectivity index (χ2n) is 3.76. The van der Waals surface area contributed by atoms with Gasteiger partial charge in [-0.1, -0.05) is 20.3 Å². The molecular formula is C11H16BrNOS. The Balaban J connectivity index is 2.55. The van der Waals surface area contributed by atoms with E-state index in [1.807, 2.05) is 19.1 Å². The molecule has 1 aromatic rings. The zero-order valence-electron chi connectivity index (χ0n) is 9.00. The fourth-order valence-corrected chi connectivity index (χ4v) is 2.80. The van der Waals surface area contributed by atoms with Crippen LogP contribution in [0.4, 0.5) is 0 Å². The van der Waals surface area contributed by atoms with E-state index in [9.17, 15) is 4.79 Å². The molecule has 0 bridgehead atoms. The monoisotopic (exact) mass is 289 g/mol. The summed E-state index contributed by atoms with van der Waals surface area (Å²) in [5, 5.41) is 0. The standard InChI is InChI=1S/C11H16BrNOS/c1-3-7(2)11(13)9(14)6-8-4-5-10(12)15-8/h4-5,7,11H,3,6,13H2,1-2H3. The number of ketones is 1. The fraction of sp³-hybridized carbons (Fsp3) is 0.545. The van der Waals surface area contributed by atoms with Gasteiger partial charge in [0, 0.05) is 11.3 Å². The van der Waals surface area contributed by atoms with Crippen molar-refractivity contribution in [3.63, 3.8) is 0 Å². The number of carbonyl (C=O) groups excluding carboxylic acids is 1. The first-order valence-corrected chi connectivity index (χ1v) is 6.68. The Kier molecular flexibility index (Phi) is 4.96. The average Bonchev–Trinajstić information content (AvgIpc) is 2.61. The van der Waals surface area contributed by atoms with Gasteiger partial charge in [-0.05, 0) is 34.0 Å². The summed E-state index contributed by atoms with van der Waals surface area (Å²) in [6, 6.07) is 3.61. The second-order valence-corrected chi connectivity index (χ2v) is 6.31. The Morgan fingerprint density at radius 2 is 2.27 bits per heavy atom. The van der Waals surface area contributed by atoms with Crippen LogP contribution < -0.4 is 5.73 Å². The Bertz CT molecular complexity index is 337. The molecule has 4 heteroatoms. The molecule has 0 saturated heterocycles. The lowest BCUT2D eigenvalue weighted by atomic mass is 9.95. The molecule has 1 heterocycles. The molecule has 0 amide bonds. The maximum absolute atomic E-state index is 11.8. The van der Waals surface area contributed by atoms with Gasteiger partial charge in [-0.3, -0.25) is 4.79 Å². The average molecular weight is 290 g/mol. The molecule has 2 N–H and O–H groups in total. The summed E-state index contributed by atoms with van der Waals surface area (Å²) in [6.45, 7) is 4.08. The summed E-state index contributed by atoms with van der Waals surface area (Å²) in [4.78, 5) is 12.9. The highest BCUT2D eigenvalue weighted by Crippen LogP contribution is 2.23. The zero-order chi connectivity index (χ0) is 11.4. The third-order valence-corrected chi connectivity index (χ3v) is 4.23. The van der Waals surface area contributed by atoms with Crippen molar-refractivity contribution in [3.05, 3.63) is 20.8 Å². The van der Waals surface area contributed by atoms with Crippen LogP contribution in [0.3, 0.4) is 0 Å². The van der Waals surface area contributed by atoms with Gasteiger partial charge in [-0.15, -0.1) is 11.3 Å². The van der Waals surface area contributed by atoms with Gasteiger partial charge in [0.1, 0.15) is 0 Å². The maximum atomic E-state index is 11.8. The van der Waals surface area contributed by atoms with Gasteiger partial charge in [0.05, 0.1) is 9.83 Å². The summed E-state index contributed by atoms with van der Waals surface area (Å²) in [6.07, 6.45) is 1.41. The smallest absolute Gasteiger partial charge is 0.154 e. The molecular weight excluding hydrogens is 274 g/mol. The van der Waals surface area contributed by atoms with E-state index in [-0.39, 0.29) is 17.7 Å². The lowest BCUT2D eigenvalue weighted by Gasteiger charge is -2.16. The summed E-state index contributed by atoms with van der Waals surface area (Å²) in [7, 11) is 0. The van der Waals surface area contributed by atoms with Gasteiger partial charge in [-0.25, -0.2) is 0 Å². The molecule has 2 atom stereocenters. The van der Waals surface area contributed by atoms with Crippen LogP contribution in [0.15, 0.2) is 15.9 Å². The molecule has 0 spiro atoms. The molecule has 0 aliphatic carbocycles. The van der Waals surface area contributed by atoms with Crippen LogP contribution in [0.1, 0.15) is 25.1 Å². The Morgan fingerprint density at radius 1 is 1.60 bits per heavy atom. The predicted octanol–water partition coefficient (Wildman–Crippen LogP) is 3.00. The van der Waals surface area contributed by atoms with Crippen LogP contribution in [-0.4, -0.2) is 11.8 Å². The van der Waals surface area contributed by atoms with E-state index in [1.165, 1.54) is 0 Å². The van der Waals surface area contributed by atoms with Crippen LogP contribution >= 0.6 is 27.3 Å². The number of Topliss-reactive ketones (excluding diaryl/α,β-unsaturated/α-hetero) is 1. The van der Waals surface area contributed by atoms with E-state index >= 15 is 0 Å². The zero-order valence-corrected chi connectivity index (χ0v) is 11.4. The molecule has 84 valence electrons. The van der Waals surface area contributed by atoms with E-state index in [1.54, 1.807) is 11.3 Å². The first-order valence-electron chi connectivity index (χ1n) is 5.07.